The number of aliphatic imine (C=N–C) groups is 1. The number of ether oxygens (including phenoxy) is 2. The van der Waals surface area contributed by atoms with Gasteiger partial charge in [-0.15, -0.1) is 0 Å². The molecular formula is C16H31N5O4. The van der Waals surface area contributed by atoms with Crippen LogP contribution in [0.4, 0.5) is 4.79 Å². The van der Waals surface area contributed by atoms with Crippen LogP contribution in [0.1, 0.15) is 19.8 Å². The molecule has 1 amide bonds. The van der Waals surface area contributed by atoms with Crippen molar-refractivity contribution in [1.82, 2.24) is 15.1 Å². The lowest BCUT2D eigenvalue weighted by Gasteiger charge is -2.31. The van der Waals surface area contributed by atoms with Crippen LogP contribution >= 0.6 is 0 Å². The maximum absolute atomic E-state index is 11.7. The van der Waals surface area contributed by atoms with E-state index in [2.05, 4.69) is 15.2 Å². The predicted octanol–water partition coefficient (Wildman–Crippen LogP) is -0.795. The van der Waals surface area contributed by atoms with E-state index < -0.39 is 6.10 Å². The van der Waals surface area contributed by atoms with Crippen molar-refractivity contribution in [2.24, 2.45) is 10.7 Å². The van der Waals surface area contributed by atoms with Gasteiger partial charge in [-0.1, -0.05) is 0 Å². The summed E-state index contributed by atoms with van der Waals surface area (Å²) < 4.78 is 10.3. The SMILES string of the molecule is CCOC(=O)N1CCC(NC(N)=NCC(O)CN2CCOCC2)CC1. The molecule has 0 aliphatic carbocycles. The molecule has 0 aromatic rings. The second-order valence-electron chi connectivity index (χ2n) is 6.40. The van der Waals surface area contributed by atoms with E-state index in [1.165, 1.54) is 0 Å². The maximum Gasteiger partial charge on any atom is 0.409 e. The number of aliphatic hydroxyl groups is 1. The van der Waals surface area contributed by atoms with Crippen LogP contribution in [0.15, 0.2) is 4.99 Å². The minimum absolute atomic E-state index is 0.186. The number of aliphatic hydroxyl groups excluding tert-OH is 1. The van der Waals surface area contributed by atoms with Gasteiger partial charge in [0.1, 0.15) is 0 Å². The first-order valence-corrected chi connectivity index (χ1v) is 9.04. The summed E-state index contributed by atoms with van der Waals surface area (Å²) in [6, 6.07) is 0.186. The van der Waals surface area contributed by atoms with E-state index in [4.69, 9.17) is 15.2 Å². The Hall–Kier alpha value is -1.58. The zero-order chi connectivity index (χ0) is 18.1. The maximum atomic E-state index is 11.7. The molecule has 2 saturated heterocycles. The van der Waals surface area contributed by atoms with Crippen molar-refractivity contribution in [1.29, 1.82) is 0 Å². The topological polar surface area (TPSA) is 113 Å². The summed E-state index contributed by atoms with van der Waals surface area (Å²) in [7, 11) is 0. The molecule has 0 radical (unpaired) electrons. The van der Waals surface area contributed by atoms with Crippen LogP contribution < -0.4 is 11.1 Å². The largest absolute Gasteiger partial charge is 0.450 e. The van der Waals surface area contributed by atoms with Crippen LogP contribution in [-0.2, 0) is 9.47 Å². The Morgan fingerprint density at radius 1 is 1.36 bits per heavy atom. The van der Waals surface area contributed by atoms with Gasteiger partial charge in [-0.25, -0.2) is 4.79 Å². The number of guanidine groups is 1. The second-order valence-corrected chi connectivity index (χ2v) is 6.40. The van der Waals surface area contributed by atoms with Crippen molar-refractivity contribution in [2.45, 2.75) is 31.9 Å². The number of hydrogen-bond acceptors (Lipinski definition) is 6. The predicted molar refractivity (Wildman–Crippen MR) is 94.5 cm³/mol. The minimum Gasteiger partial charge on any atom is -0.450 e. The van der Waals surface area contributed by atoms with Crippen LogP contribution in [-0.4, -0.2) is 98.2 Å². The van der Waals surface area contributed by atoms with Crippen LogP contribution in [0, 0.1) is 0 Å². The number of nitrogens with one attached hydrogen (secondary N) is 1. The van der Waals surface area contributed by atoms with Crippen molar-refractivity contribution >= 4 is 12.1 Å². The van der Waals surface area contributed by atoms with E-state index in [1.807, 2.05) is 0 Å². The van der Waals surface area contributed by atoms with Crippen LogP contribution in [0.2, 0.25) is 0 Å². The molecule has 25 heavy (non-hydrogen) atoms. The Kier molecular flexibility index (Phi) is 8.23. The molecule has 1 atom stereocenters. The molecular weight excluding hydrogens is 326 g/mol. The number of morpholine rings is 1. The second kappa shape index (κ2) is 10.4. The lowest BCUT2D eigenvalue weighted by molar-refractivity contribution is 0.0165. The molecule has 2 rings (SSSR count). The van der Waals surface area contributed by atoms with Crippen molar-refractivity contribution in [3.63, 3.8) is 0 Å². The number of nitrogens with zero attached hydrogens (tertiary/aromatic N) is 3. The van der Waals surface area contributed by atoms with E-state index in [0.29, 0.717) is 45.4 Å². The molecule has 2 aliphatic rings. The molecule has 144 valence electrons. The number of β-amino-alcohol motifs (C(OH)–C–C–N with tert-alkyl or cyclic N) is 1. The molecule has 0 aromatic carbocycles. The molecule has 9 heteroatoms. The first kappa shape index (κ1) is 19.7. The lowest BCUT2D eigenvalue weighted by Crippen LogP contribution is -2.48. The molecule has 9 nitrogen and oxygen atoms in total. The molecule has 2 heterocycles. The third-order valence-corrected chi connectivity index (χ3v) is 4.42. The summed E-state index contributed by atoms with van der Waals surface area (Å²) in [5.74, 6) is 0.343. The molecule has 0 aromatic heterocycles. The number of carbonyl (C=O) groups is 1. The fraction of sp³-hybridized carbons (Fsp3) is 0.875. The molecule has 1 unspecified atom stereocenters. The van der Waals surface area contributed by atoms with Gasteiger partial charge in [0.2, 0.25) is 0 Å². The highest BCUT2D eigenvalue weighted by Gasteiger charge is 2.23. The van der Waals surface area contributed by atoms with E-state index in [0.717, 1.165) is 25.9 Å². The Labute approximate surface area is 149 Å². The number of carbonyl (C=O) groups excluding carboxylic acids is 1. The van der Waals surface area contributed by atoms with Crippen LogP contribution in [0.5, 0.6) is 0 Å². The normalized spacial score (nSPS) is 21.8. The number of rotatable bonds is 6. The standard InChI is InChI=1S/C16H31N5O4/c1-2-25-16(23)21-5-3-13(4-6-21)19-15(17)18-11-14(22)12-20-7-9-24-10-8-20/h13-14,22H,2-12H2,1H3,(H3,17,18,19). The summed E-state index contributed by atoms with van der Waals surface area (Å²) in [6.07, 6.45) is 0.800. The zero-order valence-corrected chi connectivity index (χ0v) is 15.0. The van der Waals surface area contributed by atoms with Gasteiger partial charge < -0.3 is 30.5 Å². The Bertz CT molecular complexity index is 434. The minimum atomic E-state index is -0.538. The summed E-state index contributed by atoms with van der Waals surface area (Å²) in [5.41, 5.74) is 5.92. The van der Waals surface area contributed by atoms with E-state index in [1.54, 1.807) is 11.8 Å². The van der Waals surface area contributed by atoms with E-state index in [9.17, 15) is 9.90 Å². The zero-order valence-electron chi connectivity index (χ0n) is 15.0. The van der Waals surface area contributed by atoms with Crippen molar-refractivity contribution in [2.75, 3.05) is 59.1 Å². The number of amides is 1. The molecule has 0 saturated carbocycles. The van der Waals surface area contributed by atoms with Crippen molar-refractivity contribution < 1.29 is 19.4 Å². The first-order chi connectivity index (χ1) is 12.1. The van der Waals surface area contributed by atoms with Crippen molar-refractivity contribution in [3.8, 4) is 0 Å². The molecule has 4 N–H and O–H groups in total. The van der Waals surface area contributed by atoms with Gasteiger partial charge in [0, 0.05) is 38.8 Å². The van der Waals surface area contributed by atoms with Crippen LogP contribution in [0.3, 0.4) is 0 Å². The lowest BCUT2D eigenvalue weighted by atomic mass is 10.1. The van der Waals surface area contributed by atoms with Gasteiger partial charge >= 0.3 is 6.09 Å². The van der Waals surface area contributed by atoms with E-state index in [-0.39, 0.29) is 18.7 Å². The summed E-state index contributed by atoms with van der Waals surface area (Å²) in [4.78, 5) is 19.8. The average Bonchev–Trinajstić information content (AvgIpc) is 2.62. The van der Waals surface area contributed by atoms with Gasteiger partial charge in [-0.05, 0) is 19.8 Å². The van der Waals surface area contributed by atoms with E-state index >= 15 is 0 Å². The highest BCUT2D eigenvalue weighted by molar-refractivity contribution is 5.78. The summed E-state index contributed by atoms with van der Waals surface area (Å²) in [6.45, 7) is 7.44. The van der Waals surface area contributed by atoms with Gasteiger partial charge in [0.05, 0.1) is 32.5 Å². The summed E-state index contributed by atoms with van der Waals surface area (Å²) >= 11 is 0. The highest BCUT2D eigenvalue weighted by Crippen LogP contribution is 2.11. The fourth-order valence-corrected chi connectivity index (χ4v) is 3.02. The smallest absolute Gasteiger partial charge is 0.409 e. The fourth-order valence-electron chi connectivity index (χ4n) is 3.02. The molecule has 0 spiro atoms. The van der Waals surface area contributed by atoms with Crippen molar-refractivity contribution in [3.05, 3.63) is 0 Å². The number of hydrogen-bond donors (Lipinski definition) is 3. The first-order valence-electron chi connectivity index (χ1n) is 9.04. The number of likely N-dealkylation sites (tertiary alicyclic amines) is 1. The van der Waals surface area contributed by atoms with Gasteiger partial charge in [0.25, 0.3) is 0 Å². The highest BCUT2D eigenvalue weighted by atomic mass is 16.6. The third kappa shape index (κ3) is 7.05. The van der Waals surface area contributed by atoms with Gasteiger partial charge in [0.15, 0.2) is 5.96 Å². The van der Waals surface area contributed by atoms with Gasteiger partial charge in [-0.3, -0.25) is 9.89 Å². The quantitative estimate of drug-likeness (QED) is 0.421. The average molecular weight is 357 g/mol. The Balaban J connectivity index is 1.64. The molecule has 2 fully saturated rings. The Morgan fingerprint density at radius 3 is 2.68 bits per heavy atom. The monoisotopic (exact) mass is 357 g/mol. The summed E-state index contributed by atoms with van der Waals surface area (Å²) in [5, 5.41) is 13.2. The third-order valence-electron chi connectivity index (χ3n) is 4.42. The molecule has 0 bridgehead atoms. The Morgan fingerprint density at radius 2 is 2.04 bits per heavy atom. The number of piperidine rings is 1. The van der Waals surface area contributed by atoms with Crippen LogP contribution in [0.25, 0.3) is 0 Å². The molecule has 2 aliphatic heterocycles. The number of nitrogens with two attached hydrogens (primary N) is 1. The van der Waals surface area contributed by atoms with Gasteiger partial charge in [-0.2, -0.15) is 0 Å².